The number of carbonyl (C=O) groups excluding carboxylic acids is 1. The van der Waals surface area contributed by atoms with Crippen molar-refractivity contribution in [2.75, 3.05) is 7.11 Å². The van der Waals surface area contributed by atoms with Crippen molar-refractivity contribution in [1.29, 1.82) is 0 Å². The molecule has 2 aromatic carbocycles. The molecule has 12 nitrogen and oxygen atoms in total. The Hall–Kier alpha value is -4.34. The first-order chi connectivity index (χ1) is 21.4. The van der Waals surface area contributed by atoms with Crippen molar-refractivity contribution in [2.24, 2.45) is 4.99 Å². The molecule has 1 aliphatic rings. The molecule has 1 aliphatic heterocycles. The van der Waals surface area contributed by atoms with Crippen LogP contribution in [-0.4, -0.2) is 38.6 Å². The minimum absolute atomic E-state index is 0.193. The summed E-state index contributed by atoms with van der Waals surface area (Å²) < 4.78 is 13.6. The van der Waals surface area contributed by atoms with Gasteiger partial charge in [0.05, 0.1) is 38.8 Å². The molecule has 0 saturated carbocycles. The number of nitro groups is 1. The maximum atomic E-state index is 14.0. The largest absolute Gasteiger partial charge is 0.496 e. The average molecular weight is 713 g/mol. The van der Waals surface area contributed by atoms with Gasteiger partial charge in [0.25, 0.3) is 16.8 Å². The number of aryl methyl sites for hydroxylation is 1. The van der Waals surface area contributed by atoms with Crippen molar-refractivity contribution in [2.45, 2.75) is 49.9 Å². The van der Waals surface area contributed by atoms with E-state index in [0.29, 0.717) is 37.5 Å². The van der Waals surface area contributed by atoms with Crippen molar-refractivity contribution in [1.82, 2.24) is 14.5 Å². The van der Waals surface area contributed by atoms with Crippen LogP contribution in [0.1, 0.15) is 43.6 Å². The Morgan fingerprint density at radius 2 is 1.96 bits per heavy atom. The Bertz CT molecular complexity index is 2140. The third kappa shape index (κ3) is 6.70. The summed E-state index contributed by atoms with van der Waals surface area (Å²) in [6.07, 6.45) is 1.13. The van der Waals surface area contributed by atoms with Gasteiger partial charge in [-0.15, -0.1) is 0 Å². The molecule has 4 aromatic rings. The highest BCUT2D eigenvalue weighted by Crippen LogP contribution is 2.38. The number of allylic oxidation sites excluding steroid dienone is 1. The first-order valence-corrected chi connectivity index (χ1v) is 15.9. The number of ether oxygens (including phenoxy) is 2. The molecule has 0 radical (unpaired) electrons. The minimum atomic E-state index is -0.917. The Morgan fingerprint density at radius 3 is 2.62 bits per heavy atom. The van der Waals surface area contributed by atoms with E-state index in [-0.39, 0.29) is 31.4 Å². The molecule has 3 heterocycles. The van der Waals surface area contributed by atoms with Crippen molar-refractivity contribution >= 4 is 56.8 Å². The number of halogens is 1. The number of H-pyrrole nitrogens is 1. The van der Waals surface area contributed by atoms with Crippen LogP contribution in [0.4, 0.5) is 5.69 Å². The van der Waals surface area contributed by atoms with Crippen molar-refractivity contribution < 1.29 is 19.2 Å². The summed E-state index contributed by atoms with van der Waals surface area (Å²) in [4.78, 5) is 62.8. The van der Waals surface area contributed by atoms with E-state index >= 15 is 0 Å². The summed E-state index contributed by atoms with van der Waals surface area (Å²) in [6, 6.07) is 10.2. The molecule has 0 aliphatic carbocycles. The van der Waals surface area contributed by atoms with E-state index in [4.69, 9.17) is 9.47 Å². The second-order valence-corrected chi connectivity index (χ2v) is 13.2. The van der Waals surface area contributed by atoms with Crippen molar-refractivity contribution in [3.63, 3.8) is 0 Å². The van der Waals surface area contributed by atoms with Crippen molar-refractivity contribution in [3.8, 4) is 5.75 Å². The van der Waals surface area contributed by atoms with Gasteiger partial charge in [-0.2, -0.15) is 0 Å². The molecule has 0 bridgehead atoms. The summed E-state index contributed by atoms with van der Waals surface area (Å²) >= 11 is 5.53. The van der Waals surface area contributed by atoms with E-state index in [1.165, 1.54) is 29.9 Å². The van der Waals surface area contributed by atoms with Gasteiger partial charge < -0.3 is 14.5 Å². The quantitative estimate of drug-likeness (QED) is 0.121. The van der Waals surface area contributed by atoms with Gasteiger partial charge in [-0.1, -0.05) is 33.3 Å². The van der Waals surface area contributed by atoms with Gasteiger partial charge in [0, 0.05) is 27.9 Å². The van der Waals surface area contributed by atoms with Crippen molar-refractivity contribution in [3.05, 3.63) is 115 Å². The van der Waals surface area contributed by atoms with E-state index in [1.54, 1.807) is 58.0 Å². The Kier molecular flexibility index (Phi) is 9.23. The second-order valence-electron chi connectivity index (χ2n) is 10.2. The predicted octanol–water partition coefficient (Wildman–Crippen LogP) is 4.41. The van der Waals surface area contributed by atoms with Gasteiger partial charge in [0.15, 0.2) is 9.96 Å². The monoisotopic (exact) mass is 711 g/mol. The number of esters is 1. The van der Waals surface area contributed by atoms with Crippen LogP contribution in [0.25, 0.3) is 6.08 Å². The van der Waals surface area contributed by atoms with Crippen LogP contribution < -0.4 is 25.2 Å². The fraction of sp³-hybridized carbons (Fsp3) is 0.233. The zero-order valence-electron chi connectivity index (χ0n) is 24.6. The number of thiazole rings is 1. The fourth-order valence-electron chi connectivity index (χ4n) is 4.78. The standard InChI is InChI=1S/C30H26BrN5O7S2/c1-14(2)43-28(39)25-16(4)33-30-35(26(25)19-13-18(31)7-8-21(19)42-5)27(38)23(45-30)12-17-6-9-22(20(11-17)36(40)41)44-29-32-15(3)10-24(37)34-29/h6-14,26H,1-5H3,(H,32,34,37)/b23-12-/t26-/m0/s1. The molecular formula is C30H26BrN5O7S2. The number of aromatic nitrogens is 3. The number of fused-ring (bicyclic) bond motifs is 1. The number of aromatic amines is 1. The van der Waals surface area contributed by atoms with Crippen LogP contribution in [0.5, 0.6) is 5.75 Å². The Labute approximate surface area is 272 Å². The van der Waals surface area contributed by atoms with E-state index in [2.05, 4.69) is 30.9 Å². The number of nitrogens with one attached hydrogen (secondary N) is 1. The number of benzene rings is 2. The van der Waals surface area contributed by atoms with E-state index < -0.39 is 28.6 Å². The molecule has 232 valence electrons. The number of nitro benzene ring substituents is 1. The lowest BCUT2D eigenvalue weighted by molar-refractivity contribution is -0.387. The molecule has 0 amide bonds. The number of carbonyl (C=O) groups is 1. The number of methoxy groups -OCH3 is 1. The SMILES string of the molecule is COc1ccc(Br)cc1[C@H]1C(C(=O)OC(C)C)=C(C)N=c2s/c(=C\c3ccc(Sc4nc(C)cc(=O)[nH]4)c([N+](=O)[O-])c3)c(=O)n21. The molecule has 5 rings (SSSR count). The predicted molar refractivity (Wildman–Crippen MR) is 173 cm³/mol. The van der Waals surface area contributed by atoms with Crippen LogP contribution in [-0.2, 0) is 9.53 Å². The maximum Gasteiger partial charge on any atom is 0.338 e. The molecule has 1 atom stereocenters. The average Bonchev–Trinajstić information content (AvgIpc) is 3.25. The Morgan fingerprint density at radius 1 is 1.20 bits per heavy atom. The smallest absolute Gasteiger partial charge is 0.338 e. The number of nitrogens with zero attached hydrogens (tertiary/aromatic N) is 4. The highest BCUT2D eigenvalue weighted by Gasteiger charge is 2.35. The van der Waals surface area contributed by atoms with Crippen LogP contribution in [0.15, 0.2) is 82.8 Å². The number of rotatable bonds is 8. The third-order valence-electron chi connectivity index (χ3n) is 6.60. The molecule has 0 unspecified atom stereocenters. The van der Waals surface area contributed by atoms with Gasteiger partial charge in [0.2, 0.25) is 0 Å². The van der Waals surface area contributed by atoms with Crippen LogP contribution in [0.2, 0.25) is 0 Å². The molecule has 2 aromatic heterocycles. The molecule has 0 spiro atoms. The summed E-state index contributed by atoms with van der Waals surface area (Å²) in [5.74, 6) is -0.156. The first kappa shape index (κ1) is 32.1. The molecule has 0 fully saturated rings. The highest BCUT2D eigenvalue weighted by atomic mass is 79.9. The lowest BCUT2D eigenvalue weighted by Gasteiger charge is -2.26. The van der Waals surface area contributed by atoms with Crippen LogP contribution >= 0.6 is 39.0 Å². The third-order valence-corrected chi connectivity index (χ3v) is 9.03. The van der Waals surface area contributed by atoms with Crippen LogP contribution in [0.3, 0.4) is 0 Å². The lowest BCUT2D eigenvalue weighted by atomic mass is 9.95. The summed E-state index contributed by atoms with van der Waals surface area (Å²) in [5.41, 5.74) is 0.963. The van der Waals surface area contributed by atoms with Gasteiger partial charge >= 0.3 is 5.97 Å². The number of hydrogen-bond donors (Lipinski definition) is 1. The van der Waals surface area contributed by atoms with E-state index in [1.807, 2.05) is 0 Å². The summed E-state index contributed by atoms with van der Waals surface area (Å²) in [5, 5.41) is 12.2. The summed E-state index contributed by atoms with van der Waals surface area (Å²) in [6.45, 7) is 6.80. The van der Waals surface area contributed by atoms with Gasteiger partial charge in [-0.25, -0.2) is 14.8 Å². The van der Waals surface area contributed by atoms with E-state index in [0.717, 1.165) is 23.1 Å². The number of hydrogen-bond acceptors (Lipinski definition) is 11. The fourth-order valence-corrected chi connectivity index (χ4v) is 7.13. The first-order valence-electron chi connectivity index (χ1n) is 13.5. The Balaban J connectivity index is 1.66. The maximum absolute atomic E-state index is 14.0. The highest BCUT2D eigenvalue weighted by molar-refractivity contribution is 9.10. The molecule has 1 N–H and O–H groups in total. The molecule has 45 heavy (non-hydrogen) atoms. The lowest BCUT2D eigenvalue weighted by Crippen LogP contribution is -2.40. The molecule has 15 heteroatoms. The molecular weight excluding hydrogens is 686 g/mol. The normalized spacial score (nSPS) is 14.7. The molecule has 0 saturated heterocycles. The van der Waals surface area contributed by atoms with Gasteiger partial charge in [0.1, 0.15) is 11.8 Å². The van der Waals surface area contributed by atoms with Gasteiger partial charge in [-0.3, -0.25) is 24.3 Å². The second kappa shape index (κ2) is 12.9. The topological polar surface area (TPSA) is 159 Å². The van der Waals surface area contributed by atoms with E-state index in [9.17, 15) is 24.5 Å². The zero-order valence-corrected chi connectivity index (χ0v) is 27.8. The summed E-state index contributed by atoms with van der Waals surface area (Å²) in [7, 11) is 1.50. The zero-order chi connectivity index (χ0) is 32.6. The van der Waals surface area contributed by atoms with Gasteiger partial charge in [-0.05, 0) is 75.4 Å². The minimum Gasteiger partial charge on any atom is -0.496 e. The van der Waals surface area contributed by atoms with Crippen LogP contribution in [0, 0.1) is 17.0 Å².